The molecule has 0 radical (unpaired) electrons. The second-order valence-corrected chi connectivity index (χ2v) is 6.21. The number of nitrogens with zero attached hydrogens (tertiary/aromatic N) is 1. The van der Waals surface area contributed by atoms with E-state index in [0.717, 1.165) is 12.1 Å². The summed E-state index contributed by atoms with van der Waals surface area (Å²) in [6.07, 6.45) is -5.83. The van der Waals surface area contributed by atoms with Gasteiger partial charge in [0.05, 0.1) is 24.3 Å². The molecule has 28 heavy (non-hydrogen) atoms. The molecule has 3 rings (SSSR count). The monoisotopic (exact) mass is 393 g/mol. The molecule has 148 valence electrons. The van der Waals surface area contributed by atoms with Gasteiger partial charge in [-0.05, 0) is 18.2 Å². The Hall–Kier alpha value is -2.87. The highest BCUT2D eigenvalue weighted by Crippen LogP contribution is 2.30. The maximum Gasteiger partial charge on any atom is 0.416 e. The first-order valence-corrected chi connectivity index (χ1v) is 8.66. The van der Waals surface area contributed by atoms with Gasteiger partial charge in [0.2, 0.25) is 6.10 Å². The van der Waals surface area contributed by atoms with Gasteiger partial charge in [0.25, 0.3) is 5.91 Å². The summed E-state index contributed by atoms with van der Waals surface area (Å²) in [5, 5.41) is 0. The van der Waals surface area contributed by atoms with Gasteiger partial charge in [0.1, 0.15) is 0 Å². The fourth-order valence-corrected chi connectivity index (χ4v) is 2.84. The molecule has 0 spiro atoms. The lowest BCUT2D eigenvalue weighted by molar-refractivity contribution is -0.145. The number of esters is 1. The predicted octanol–water partition coefficient (Wildman–Crippen LogP) is 3.46. The minimum absolute atomic E-state index is 0.273. The average Bonchev–Trinajstić information content (AvgIpc) is 2.72. The van der Waals surface area contributed by atoms with Crippen LogP contribution in [-0.2, 0) is 20.4 Å². The van der Waals surface area contributed by atoms with Gasteiger partial charge in [-0.25, -0.2) is 4.79 Å². The normalized spacial score (nSPS) is 15.8. The molecular weight excluding hydrogens is 375 g/mol. The van der Waals surface area contributed by atoms with Crippen LogP contribution in [0.1, 0.15) is 27.6 Å². The first kappa shape index (κ1) is 19.9. The Morgan fingerprint density at radius 3 is 2.32 bits per heavy atom. The molecule has 1 atom stereocenters. The van der Waals surface area contributed by atoms with Crippen LogP contribution in [0.15, 0.2) is 54.6 Å². The van der Waals surface area contributed by atoms with Gasteiger partial charge < -0.3 is 14.4 Å². The molecule has 0 unspecified atom stereocenters. The summed E-state index contributed by atoms with van der Waals surface area (Å²) in [6, 6.07) is 12.3. The predicted molar refractivity (Wildman–Crippen MR) is 93.4 cm³/mol. The first-order chi connectivity index (χ1) is 13.4. The smallest absolute Gasteiger partial charge is 0.416 e. The van der Waals surface area contributed by atoms with E-state index in [-0.39, 0.29) is 5.56 Å². The fourth-order valence-electron chi connectivity index (χ4n) is 2.84. The van der Waals surface area contributed by atoms with Crippen LogP contribution in [-0.4, -0.2) is 43.1 Å². The van der Waals surface area contributed by atoms with Crippen molar-refractivity contribution >= 4 is 11.9 Å². The lowest BCUT2D eigenvalue weighted by Crippen LogP contribution is -2.44. The number of ether oxygens (including phenoxy) is 2. The average molecular weight is 393 g/mol. The van der Waals surface area contributed by atoms with Crippen molar-refractivity contribution in [3.8, 4) is 0 Å². The van der Waals surface area contributed by atoms with Crippen LogP contribution in [0.4, 0.5) is 13.2 Å². The zero-order valence-electron chi connectivity index (χ0n) is 14.8. The van der Waals surface area contributed by atoms with E-state index in [0.29, 0.717) is 37.9 Å². The van der Waals surface area contributed by atoms with Crippen molar-refractivity contribution in [3.05, 3.63) is 71.3 Å². The van der Waals surface area contributed by atoms with Crippen molar-refractivity contribution in [1.82, 2.24) is 4.90 Å². The minimum atomic E-state index is -4.58. The number of alkyl halides is 3. The summed E-state index contributed by atoms with van der Waals surface area (Å²) in [4.78, 5) is 26.9. The number of carbonyl (C=O) groups is 2. The third kappa shape index (κ3) is 4.69. The third-order valence-electron chi connectivity index (χ3n) is 4.30. The summed E-state index contributed by atoms with van der Waals surface area (Å²) < 4.78 is 49.3. The van der Waals surface area contributed by atoms with Crippen LogP contribution < -0.4 is 0 Å². The van der Waals surface area contributed by atoms with Gasteiger partial charge in [-0.2, -0.15) is 13.2 Å². The van der Waals surface area contributed by atoms with Gasteiger partial charge in [-0.15, -0.1) is 0 Å². The molecule has 0 bridgehead atoms. The number of carbonyl (C=O) groups excluding carboxylic acids is 2. The summed E-state index contributed by atoms with van der Waals surface area (Å²) in [5.74, 6) is -1.43. The summed E-state index contributed by atoms with van der Waals surface area (Å²) in [6.45, 7) is 1.44. The zero-order chi connectivity index (χ0) is 20.1. The highest BCUT2D eigenvalue weighted by molar-refractivity contribution is 5.93. The first-order valence-electron chi connectivity index (χ1n) is 8.66. The Kier molecular flexibility index (Phi) is 5.99. The maximum atomic E-state index is 12.9. The van der Waals surface area contributed by atoms with Crippen LogP contribution in [0.5, 0.6) is 0 Å². The van der Waals surface area contributed by atoms with E-state index < -0.39 is 29.7 Å². The molecule has 1 amide bonds. The quantitative estimate of drug-likeness (QED) is 0.747. The van der Waals surface area contributed by atoms with Gasteiger partial charge in [-0.1, -0.05) is 36.4 Å². The van der Waals surface area contributed by atoms with Gasteiger partial charge in [0, 0.05) is 18.7 Å². The van der Waals surface area contributed by atoms with Crippen molar-refractivity contribution in [2.24, 2.45) is 0 Å². The maximum absolute atomic E-state index is 12.9. The van der Waals surface area contributed by atoms with Gasteiger partial charge in [0.15, 0.2) is 0 Å². The molecule has 2 aromatic carbocycles. The van der Waals surface area contributed by atoms with Gasteiger partial charge in [-0.3, -0.25) is 4.79 Å². The molecule has 2 aromatic rings. The Morgan fingerprint density at radius 2 is 1.68 bits per heavy atom. The number of hydrogen-bond donors (Lipinski definition) is 0. The van der Waals surface area contributed by atoms with Crippen molar-refractivity contribution in [1.29, 1.82) is 0 Å². The molecule has 1 aliphatic rings. The summed E-state index contributed by atoms with van der Waals surface area (Å²) in [5.41, 5.74) is -0.789. The van der Waals surface area contributed by atoms with E-state index in [1.807, 2.05) is 0 Å². The molecule has 0 aliphatic carbocycles. The molecular formula is C20H18F3NO4. The van der Waals surface area contributed by atoms with Crippen molar-refractivity contribution < 1.29 is 32.2 Å². The molecule has 1 heterocycles. The topological polar surface area (TPSA) is 55.8 Å². The molecule has 0 aromatic heterocycles. The van der Waals surface area contributed by atoms with Gasteiger partial charge >= 0.3 is 12.1 Å². The van der Waals surface area contributed by atoms with Crippen LogP contribution in [0, 0.1) is 0 Å². The summed E-state index contributed by atoms with van der Waals surface area (Å²) in [7, 11) is 0. The lowest BCUT2D eigenvalue weighted by Gasteiger charge is -2.30. The number of halogens is 3. The van der Waals surface area contributed by atoms with Crippen LogP contribution in [0.2, 0.25) is 0 Å². The van der Waals surface area contributed by atoms with E-state index in [2.05, 4.69) is 0 Å². The fraction of sp³-hybridized carbons (Fsp3) is 0.300. The number of rotatable bonds is 4. The number of morpholine rings is 1. The second-order valence-electron chi connectivity index (χ2n) is 6.21. The van der Waals surface area contributed by atoms with Crippen LogP contribution in [0.25, 0.3) is 0 Å². The highest BCUT2D eigenvalue weighted by atomic mass is 19.4. The third-order valence-corrected chi connectivity index (χ3v) is 4.30. The molecule has 8 heteroatoms. The van der Waals surface area contributed by atoms with E-state index in [4.69, 9.17) is 9.47 Å². The Bertz CT molecular complexity index is 833. The van der Waals surface area contributed by atoms with E-state index in [1.165, 1.54) is 11.0 Å². The SMILES string of the molecule is O=C(O[C@@H](C(=O)N1CCOCC1)c1ccccc1)c1cccc(C(F)(F)F)c1. The standard InChI is InChI=1S/C20H18F3NO4/c21-20(22,23)16-8-4-7-15(13-16)19(26)28-17(14-5-2-1-3-6-14)18(25)24-9-11-27-12-10-24/h1-8,13,17H,9-12H2/t17-/m1/s1. The summed E-state index contributed by atoms with van der Waals surface area (Å²) >= 11 is 0. The molecule has 0 N–H and O–H groups in total. The van der Waals surface area contributed by atoms with Crippen molar-refractivity contribution in [3.63, 3.8) is 0 Å². The molecule has 5 nitrogen and oxygen atoms in total. The zero-order valence-corrected chi connectivity index (χ0v) is 14.8. The number of hydrogen-bond acceptors (Lipinski definition) is 4. The van der Waals surface area contributed by atoms with Crippen molar-refractivity contribution in [2.45, 2.75) is 12.3 Å². The molecule has 1 fully saturated rings. The number of benzene rings is 2. The Morgan fingerprint density at radius 1 is 1.00 bits per heavy atom. The lowest BCUT2D eigenvalue weighted by atomic mass is 10.1. The van der Waals surface area contributed by atoms with E-state index >= 15 is 0 Å². The van der Waals surface area contributed by atoms with E-state index in [9.17, 15) is 22.8 Å². The molecule has 0 saturated carbocycles. The molecule has 1 aliphatic heterocycles. The molecule has 1 saturated heterocycles. The highest BCUT2D eigenvalue weighted by Gasteiger charge is 2.33. The van der Waals surface area contributed by atoms with Crippen LogP contribution in [0.3, 0.4) is 0 Å². The largest absolute Gasteiger partial charge is 0.444 e. The second kappa shape index (κ2) is 8.43. The van der Waals surface area contributed by atoms with Crippen LogP contribution >= 0.6 is 0 Å². The van der Waals surface area contributed by atoms with Crippen molar-refractivity contribution in [2.75, 3.05) is 26.3 Å². The Balaban J connectivity index is 1.85. The van der Waals surface area contributed by atoms with E-state index in [1.54, 1.807) is 30.3 Å². The Labute approximate surface area is 159 Å². The minimum Gasteiger partial charge on any atom is -0.444 e. The number of amides is 1.